The fourth-order valence-electron chi connectivity index (χ4n) is 3.06. The van der Waals surface area contributed by atoms with Crippen molar-refractivity contribution < 1.29 is 4.74 Å². The van der Waals surface area contributed by atoms with E-state index in [9.17, 15) is 0 Å². The van der Waals surface area contributed by atoms with Crippen molar-refractivity contribution in [3.8, 4) is 5.75 Å². The summed E-state index contributed by atoms with van der Waals surface area (Å²) in [4.78, 5) is 2.63. The molecule has 24 heavy (non-hydrogen) atoms. The molecule has 0 bridgehead atoms. The lowest BCUT2D eigenvalue weighted by Crippen LogP contribution is -2.45. The van der Waals surface area contributed by atoms with E-state index in [-0.39, 0.29) is 30.4 Å². The molecule has 140 valence electrons. The van der Waals surface area contributed by atoms with Gasteiger partial charge in [-0.05, 0) is 44.9 Å². The van der Waals surface area contributed by atoms with E-state index in [0.717, 1.165) is 31.9 Å². The van der Waals surface area contributed by atoms with Gasteiger partial charge in [-0.3, -0.25) is 4.90 Å². The lowest BCUT2D eigenvalue weighted by atomic mass is 9.98. The van der Waals surface area contributed by atoms with Gasteiger partial charge in [0.1, 0.15) is 11.4 Å². The van der Waals surface area contributed by atoms with Gasteiger partial charge in [-0.1, -0.05) is 31.9 Å². The molecule has 1 aromatic rings. The zero-order chi connectivity index (χ0) is 16.0. The number of halogens is 2. The molecule has 1 saturated heterocycles. The summed E-state index contributed by atoms with van der Waals surface area (Å²) in [6.45, 7) is 13.0. The zero-order valence-corrected chi connectivity index (χ0v) is 17.1. The van der Waals surface area contributed by atoms with Crippen LogP contribution in [0.5, 0.6) is 5.75 Å². The van der Waals surface area contributed by atoms with Crippen LogP contribution in [-0.2, 0) is 0 Å². The molecule has 0 aromatic heterocycles. The molecule has 0 unspecified atom stereocenters. The van der Waals surface area contributed by atoms with Crippen molar-refractivity contribution in [3.05, 3.63) is 29.8 Å². The Morgan fingerprint density at radius 3 is 2.17 bits per heavy atom. The van der Waals surface area contributed by atoms with E-state index >= 15 is 0 Å². The van der Waals surface area contributed by atoms with Crippen LogP contribution in [0.25, 0.3) is 0 Å². The van der Waals surface area contributed by atoms with Gasteiger partial charge in [0.25, 0.3) is 0 Å². The van der Waals surface area contributed by atoms with Crippen molar-refractivity contribution in [3.63, 3.8) is 0 Å². The molecule has 3 nitrogen and oxygen atoms in total. The highest BCUT2D eigenvalue weighted by atomic mass is 35.5. The molecule has 1 aliphatic heterocycles. The number of nitrogens with zero attached hydrogens (tertiary/aromatic N) is 1. The van der Waals surface area contributed by atoms with Crippen LogP contribution in [0.1, 0.15) is 58.6 Å². The van der Waals surface area contributed by atoms with E-state index in [1.165, 1.54) is 24.8 Å². The van der Waals surface area contributed by atoms with Gasteiger partial charge in [0, 0.05) is 32.2 Å². The normalized spacial score (nSPS) is 16.7. The summed E-state index contributed by atoms with van der Waals surface area (Å²) < 4.78 is 5.94. The average molecular weight is 377 g/mol. The molecule has 1 fully saturated rings. The molecule has 2 rings (SSSR count). The number of unbranched alkanes of at least 4 members (excludes halogenated alkanes) is 1. The Hall–Kier alpha value is -0.480. The van der Waals surface area contributed by atoms with Gasteiger partial charge in [-0.2, -0.15) is 0 Å². The minimum absolute atomic E-state index is 0. The molecule has 0 amide bonds. The monoisotopic (exact) mass is 376 g/mol. The molecular weight excluding hydrogens is 343 g/mol. The summed E-state index contributed by atoms with van der Waals surface area (Å²) in [6.07, 6.45) is 3.79. The number of benzene rings is 1. The molecule has 0 aliphatic carbocycles. The number of piperazine rings is 1. The molecule has 1 atom stereocenters. The standard InChI is InChI=1S/C19H32N2O.2ClH/c1-5-6-7-18(21-14-12-20-13-15-21)16-8-10-17(11-9-16)22-19(2,3)4;;/h8-11,18,20H,5-7,12-15H2,1-4H3;2*1H/t18-;;/m0../s1. The van der Waals surface area contributed by atoms with Crippen LogP contribution in [0.15, 0.2) is 24.3 Å². The van der Waals surface area contributed by atoms with Crippen molar-refractivity contribution in [2.75, 3.05) is 26.2 Å². The Morgan fingerprint density at radius 2 is 1.67 bits per heavy atom. The molecule has 1 N–H and O–H groups in total. The Bertz CT molecular complexity index is 440. The van der Waals surface area contributed by atoms with Gasteiger partial charge in [0.05, 0.1) is 0 Å². The van der Waals surface area contributed by atoms with Gasteiger partial charge in [-0.15, -0.1) is 24.8 Å². The predicted octanol–water partition coefficient (Wildman–Crippen LogP) is 4.84. The molecule has 0 saturated carbocycles. The molecule has 5 heteroatoms. The highest BCUT2D eigenvalue weighted by Gasteiger charge is 2.22. The first-order chi connectivity index (χ1) is 10.5. The van der Waals surface area contributed by atoms with Crippen LogP contribution in [-0.4, -0.2) is 36.7 Å². The third kappa shape index (κ3) is 7.60. The predicted molar refractivity (Wildman–Crippen MR) is 108 cm³/mol. The van der Waals surface area contributed by atoms with Crippen LogP contribution >= 0.6 is 24.8 Å². The number of nitrogens with one attached hydrogen (secondary N) is 1. The first-order valence-electron chi connectivity index (χ1n) is 8.73. The largest absolute Gasteiger partial charge is 0.488 e. The summed E-state index contributed by atoms with van der Waals surface area (Å²) in [7, 11) is 0. The Balaban J connectivity index is 0.00000264. The first-order valence-corrected chi connectivity index (χ1v) is 8.73. The van der Waals surface area contributed by atoms with E-state index in [2.05, 4.69) is 62.2 Å². The maximum atomic E-state index is 5.94. The molecule has 0 spiro atoms. The van der Waals surface area contributed by atoms with Crippen LogP contribution in [0.4, 0.5) is 0 Å². The van der Waals surface area contributed by atoms with E-state index in [0.29, 0.717) is 6.04 Å². The topological polar surface area (TPSA) is 24.5 Å². The minimum atomic E-state index is -0.137. The van der Waals surface area contributed by atoms with Gasteiger partial charge < -0.3 is 10.1 Å². The lowest BCUT2D eigenvalue weighted by Gasteiger charge is -2.35. The quantitative estimate of drug-likeness (QED) is 0.767. The number of rotatable bonds is 6. The minimum Gasteiger partial charge on any atom is -0.488 e. The van der Waals surface area contributed by atoms with E-state index < -0.39 is 0 Å². The molecule has 1 heterocycles. The molecular formula is C19H34Cl2N2O. The van der Waals surface area contributed by atoms with Crippen molar-refractivity contribution in [1.29, 1.82) is 0 Å². The van der Waals surface area contributed by atoms with Crippen LogP contribution < -0.4 is 10.1 Å². The van der Waals surface area contributed by atoms with Gasteiger partial charge in [-0.25, -0.2) is 0 Å². The Kier molecular flexibility index (Phi) is 11.0. The second kappa shape index (κ2) is 11.2. The van der Waals surface area contributed by atoms with Gasteiger partial charge >= 0.3 is 0 Å². The van der Waals surface area contributed by atoms with Crippen LogP contribution in [0.3, 0.4) is 0 Å². The average Bonchev–Trinajstić information content (AvgIpc) is 2.49. The lowest BCUT2D eigenvalue weighted by molar-refractivity contribution is 0.130. The number of hydrogen-bond donors (Lipinski definition) is 1. The summed E-state index contributed by atoms with van der Waals surface area (Å²) >= 11 is 0. The first kappa shape index (κ1) is 23.5. The van der Waals surface area contributed by atoms with Crippen molar-refractivity contribution in [2.45, 2.75) is 58.6 Å². The Morgan fingerprint density at radius 1 is 1.08 bits per heavy atom. The van der Waals surface area contributed by atoms with E-state index in [1.54, 1.807) is 0 Å². The van der Waals surface area contributed by atoms with Gasteiger partial charge in [0.15, 0.2) is 0 Å². The maximum Gasteiger partial charge on any atom is 0.120 e. The zero-order valence-electron chi connectivity index (χ0n) is 15.5. The summed E-state index contributed by atoms with van der Waals surface area (Å²) in [5.74, 6) is 0.964. The van der Waals surface area contributed by atoms with Crippen molar-refractivity contribution in [2.24, 2.45) is 0 Å². The fraction of sp³-hybridized carbons (Fsp3) is 0.684. The SMILES string of the molecule is CCCC[C@@H](c1ccc(OC(C)(C)C)cc1)N1CCNCC1.Cl.Cl. The maximum absolute atomic E-state index is 5.94. The van der Waals surface area contributed by atoms with Crippen LogP contribution in [0, 0.1) is 0 Å². The second-order valence-corrected chi connectivity index (χ2v) is 7.23. The molecule has 1 aliphatic rings. The third-order valence-corrected chi connectivity index (χ3v) is 4.11. The molecule has 1 aromatic carbocycles. The summed E-state index contributed by atoms with van der Waals surface area (Å²) in [5, 5.41) is 3.45. The highest BCUT2D eigenvalue weighted by Crippen LogP contribution is 2.29. The van der Waals surface area contributed by atoms with Crippen molar-refractivity contribution in [1.82, 2.24) is 10.2 Å². The molecule has 0 radical (unpaired) electrons. The smallest absolute Gasteiger partial charge is 0.120 e. The van der Waals surface area contributed by atoms with E-state index in [1.807, 2.05) is 0 Å². The van der Waals surface area contributed by atoms with E-state index in [4.69, 9.17) is 4.74 Å². The van der Waals surface area contributed by atoms with Gasteiger partial charge in [0.2, 0.25) is 0 Å². The fourth-order valence-corrected chi connectivity index (χ4v) is 3.06. The number of hydrogen-bond acceptors (Lipinski definition) is 3. The summed E-state index contributed by atoms with van der Waals surface area (Å²) in [5.41, 5.74) is 1.29. The number of ether oxygens (including phenoxy) is 1. The third-order valence-electron chi connectivity index (χ3n) is 4.11. The van der Waals surface area contributed by atoms with Crippen LogP contribution in [0.2, 0.25) is 0 Å². The second-order valence-electron chi connectivity index (χ2n) is 7.23. The Labute approximate surface area is 160 Å². The van der Waals surface area contributed by atoms with Crippen molar-refractivity contribution >= 4 is 24.8 Å². The summed E-state index contributed by atoms with van der Waals surface area (Å²) in [6, 6.07) is 9.31. The highest BCUT2D eigenvalue weighted by molar-refractivity contribution is 5.85.